The number of pyridine rings is 1. The Kier molecular flexibility index (Phi) is 8.03. The van der Waals surface area contributed by atoms with Gasteiger partial charge in [-0.1, -0.05) is 152 Å². The Morgan fingerprint density at radius 2 is 0.869 bits per heavy atom. The lowest BCUT2D eigenvalue weighted by molar-refractivity contribution is 0.669. The van der Waals surface area contributed by atoms with Crippen molar-refractivity contribution in [2.45, 2.75) is 0 Å². The average molecular weight is 781 g/mol. The summed E-state index contributed by atoms with van der Waals surface area (Å²) in [4.78, 5) is 30.5. The lowest BCUT2D eigenvalue weighted by atomic mass is 10.0. The number of hydrogen-bond acceptors (Lipinski definition) is 7. The highest BCUT2D eigenvalue weighted by molar-refractivity contribution is 6.15. The van der Waals surface area contributed by atoms with Gasteiger partial charge in [0.15, 0.2) is 17.5 Å². The van der Waals surface area contributed by atoms with Crippen molar-refractivity contribution in [3.05, 3.63) is 194 Å². The fraction of sp³-hybridized carbons (Fsp3) is 0. The fourth-order valence-corrected chi connectivity index (χ4v) is 8.36. The Labute approximate surface area is 349 Å². The molecule has 7 heteroatoms. The molecule has 0 spiro atoms. The molecule has 0 bridgehead atoms. The molecular weight excluding hydrogens is 749 g/mol. The summed E-state index contributed by atoms with van der Waals surface area (Å²) in [6, 6.07) is 63.8. The van der Waals surface area contributed by atoms with Gasteiger partial charge in [0.25, 0.3) is 0 Å². The molecule has 12 aromatic rings. The molecule has 0 atom stereocenters. The van der Waals surface area contributed by atoms with Crippen LogP contribution < -0.4 is 0 Å². The molecule has 0 fully saturated rings. The van der Waals surface area contributed by atoms with Crippen LogP contribution in [0.5, 0.6) is 0 Å². The zero-order chi connectivity index (χ0) is 40.3. The van der Waals surface area contributed by atoms with Crippen molar-refractivity contribution in [2.24, 2.45) is 0 Å². The number of para-hydroxylation sites is 2. The van der Waals surface area contributed by atoms with Gasteiger partial charge in [0.2, 0.25) is 0 Å². The minimum atomic E-state index is 0.550. The summed E-state index contributed by atoms with van der Waals surface area (Å²) >= 11 is 0. The van der Waals surface area contributed by atoms with Crippen molar-refractivity contribution in [2.75, 3.05) is 0 Å². The second-order valence-corrected chi connectivity index (χ2v) is 15.1. The van der Waals surface area contributed by atoms with E-state index in [1.165, 1.54) is 0 Å². The molecule has 61 heavy (non-hydrogen) atoms. The first-order valence-corrected chi connectivity index (χ1v) is 20.2. The monoisotopic (exact) mass is 780 g/mol. The van der Waals surface area contributed by atoms with E-state index < -0.39 is 0 Å². The Morgan fingerprint density at radius 3 is 1.56 bits per heavy atom. The topological polar surface area (TPSA) is 90.5 Å². The summed E-state index contributed by atoms with van der Waals surface area (Å²) in [5.41, 5.74) is 11.4. The molecule has 0 saturated heterocycles. The Bertz CT molecular complexity index is 3630. The Balaban J connectivity index is 1.01. The molecular formula is C54H32N6O. The maximum Gasteiger partial charge on any atom is 0.164 e. The maximum absolute atomic E-state index is 6.47. The molecule has 0 unspecified atom stereocenters. The lowest BCUT2D eigenvalue weighted by Crippen LogP contribution is -2.01. The Morgan fingerprint density at radius 1 is 0.328 bits per heavy atom. The summed E-state index contributed by atoms with van der Waals surface area (Å²) in [7, 11) is 0. The van der Waals surface area contributed by atoms with E-state index in [0.29, 0.717) is 17.5 Å². The number of furan rings is 1. The number of rotatable bonds is 6. The van der Waals surface area contributed by atoms with Gasteiger partial charge in [-0.15, -0.1) is 0 Å². The standard InChI is InChI=1S/C54H32N6O/c1-2-12-34(13-3-1)50-51(57-45-19-9-8-18-44(45)56-50)36-23-27-38(28-24-36)53-58-52(37-25-21-35(22-26-37)49-41-16-7-6-11-33(41)29-30-55-49)59-54(60-53)42-17-10-20-46-48(42)43-31-39-14-4-5-15-40(39)32-47(43)61-46/h1-32H. The van der Waals surface area contributed by atoms with E-state index >= 15 is 0 Å². The van der Waals surface area contributed by atoms with E-state index in [2.05, 4.69) is 109 Å². The quantitative estimate of drug-likeness (QED) is 0.166. The van der Waals surface area contributed by atoms with E-state index in [0.717, 1.165) is 105 Å². The van der Waals surface area contributed by atoms with Gasteiger partial charge < -0.3 is 4.42 Å². The van der Waals surface area contributed by atoms with E-state index in [9.17, 15) is 0 Å². The second-order valence-electron chi connectivity index (χ2n) is 15.1. The molecule has 0 amide bonds. The minimum Gasteiger partial charge on any atom is -0.456 e. The van der Waals surface area contributed by atoms with Gasteiger partial charge in [0, 0.05) is 55.7 Å². The van der Waals surface area contributed by atoms with E-state index in [-0.39, 0.29) is 0 Å². The SMILES string of the molecule is c1ccc(-c2nc3ccccc3nc2-c2ccc(-c3nc(-c4ccc(-c5nccc6ccccc56)cc4)nc(-c4cccc5oc6cc7ccccc7cc6c45)n3)cc2)cc1. The molecule has 284 valence electrons. The van der Waals surface area contributed by atoms with Crippen molar-refractivity contribution in [3.63, 3.8) is 0 Å². The molecule has 0 aliphatic heterocycles. The molecule has 0 aliphatic carbocycles. The van der Waals surface area contributed by atoms with E-state index in [1.807, 2.05) is 85.1 Å². The van der Waals surface area contributed by atoms with Gasteiger partial charge in [0.1, 0.15) is 11.2 Å². The third-order valence-corrected chi connectivity index (χ3v) is 11.4. The molecule has 7 nitrogen and oxygen atoms in total. The third-order valence-electron chi connectivity index (χ3n) is 11.4. The number of benzene rings is 8. The van der Waals surface area contributed by atoms with Crippen molar-refractivity contribution >= 4 is 54.5 Å². The number of fused-ring (bicyclic) bond motifs is 6. The fourth-order valence-electron chi connectivity index (χ4n) is 8.36. The highest BCUT2D eigenvalue weighted by Gasteiger charge is 2.20. The van der Waals surface area contributed by atoms with Gasteiger partial charge in [-0.2, -0.15) is 0 Å². The minimum absolute atomic E-state index is 0.550. The molecule has 12 rings (SSSR count). The molecule has 0 aliphatic rings. The van der Waals surface area contributed by atoms with Crippen LogP contribution in [-0.4, -0.2) is 29.9 Å². The van der Waals surface area contributed by atoms with Crippen LogP contribution in [0, 0.1) is 0 Å². The summed E-state index contributed by atoms with van der Waals surface area (Å²) < 4.78 is 6.47. The normalized spacial score (nSPS) is 11.6. The van der Waals surface area contributed by atoms with Gasteiger partial charge in [-0.25, -0.2) is 24.9 Å². The number of aromatic nitrogens is 6. The molecule has 0 radical (unpaired) electrons. The van der Waals surface area contributed by atoms with Crippen LogP contribution in [0.15, 0.2) is 199 Å². The van der Waals surface area contributed by atoms with E-state index in [4.69, 9.17) is 34.3 Å². The summed E-state index contributed by atoms with van der Waals surface area (Å²) in [6.07, 6.45) is 1.86. The first-order valence-electron chi connectivity index (χ1n) is 20.2. The van der Waals surface area contributed by atoms with Crippen LogP contribution in [0.4, 0.5) is 0 Å². The zero-order valence-electron chi connectivity index (χ0n) is 32.6. The lowest BCUT2D eigenvalue weighted by Gasteiger charge is -2.12. The van der Waals surface area contributed by atoms with Crippen LogP contribution >= 0.6 is 0 Å². The van der Waals surface area contributed by atoms with Crippen molar-refractivity contribution in [3.8, 4) is 67.9 Å². The third kappa shape index (κ3) is 6.07. The Hall–Kier alpha value is -8.42. The van der Waals surface area contributed by atoms with Gasteiger partial charge >= 0.3 is 0 Å². The zero-order valence-corrected chi connectivity index (χ0v) is 32.6. The predicted octanol–water partition coefficient (Wildman–Crippen LogP) is 13.4. The molecule has 4 heterocycles. The van der Waals surface area contributed by atoms with Crippen molar-refractivity contribution in [1.82, 2.24) is 29.9 Å². The summed E-state index contributed by atoms with van der Waals surface area (Å²) in [6.45, 7) is 0. The molecule has 4 aromatic heterocycles. The summed E-state index contributed by atoms with van der Waals surface area (Å²) in [5.74, 6) is 1.66. The number of nitrogens with zero attached hydrogens (tertiary/aromatic N) is 6. The first kappa shape index (κ1) is 34.6. The smallest absolute Gasteiger partial charge is 0.164 e. The highest BCUT2D eigenvalue weighted by Crippen LogP contribution is 2.39. The summed E-state index contributed by atoms with van der Waals surface area (Å²) in [5, 5.41) is 6.47. The van der Waals surface area contributed by atoms with Crippen LogP contribution in [0.25, 0.3) is 122 Å². The molecule has 8 aromatic carbocycles. The van der Waals surface area contributed by atoms with Crippen LogP contribution in [0.2, 0.25) is 0 Å². The second kappa shape index (κ2) is 14.1. The van der Waals surface area contributed by atoms with E-state index in [1.54, 1.807) is 0 Å². The van der Waals surface area contributed by atoms with Crippen LogP contribution in [0.1, 0.15) is 0 Å². The van der Waals surface area contributed by atoms with Crippen molar-refractivity contribution in [1.29, 1.82) is 0 Å². The van der Waals surface area contributed by atoms with Gasteiger partial charge in [-0.05, 0) is 52.6 Å². The largest absolute Gasteiger partial charge is 0.456 e. The van der Waals surface area contributed by atoms with Crippen LogP contribution in [0.3, 0.4) is 0 Å². The first-order chi connectivity index (χ1) is 30.2. The van der Waals surface area contributed by atoms with Gasteiger partial charge in [0.05, 0.1) is 28.1 Å². The molecule has 0 saturated carbocycles. The maximum atomic E-state index is 6.47. The average Bonchev–Trinajstić information content (AvgIpc) is 3.70. The predicted molar refractivity (Wildman–Crippen MR) is 246 cm³/mol. The number of hydrogen-bond donors (Lipinski definition) is 0. The van der Waals surface area contributed by atoms with Crippen molar-refractivity contribution < 1.29 is 4.42 Å². The van der Waals surface area contributed by atoms with Gasteiger partial charge in [-0.3, -0.25) is 4.98 Å². The highest BCUT2D eigenvalue weighted by atomic mass is 16.3. The molecule has 0 N–H and O–H groups in total. The van der Waals surface area contributed by atoms with Crippen LogP contribution in [-0.2, 0) is 0 Å².